The molecule has 1 aromatic carbocycles. The number of thiazole rings is 1. The van der Waals surface area contributed by atoms with E-state index in [0.717, 1.165) is 46.6 Å². The molecule has 0 N–H and O–H groups in total. The van der Waals surface area contributed by atoms with Gasteiger partial charge in [0.25, 0.3) is 0 Å². The Labute approximate surface area is 151 Å². The summed E-state index contributed by atoms with van der Waals surface area (Å²) in [5.74, 6) is 0.346. The molecule has 4 rings (SSSR count). The second-order valence-corrected chi connectivity index (χ2v) is 7.59. The number of anilines is 1. The number of para-hydroxylation sites is 1. The number of amides is 1. The van der Waals surface area contributed by atoms with Crippen molar-refractivity contribution in [2.75, 3.05) is 4.90 Å². The molecule has 0 spiro atoms. The number of hydrogen-bond acceptors (Lipinski definition) is 4. The highest BCUT2D eigenvalue weighted by atomic mass is 32.1. The Bertz CT molecular complexity index is 823. The van der Waals surface area contributed by atoms with Gasteiger partial charge in [0.15, 0.2) is 5.13 Å². The summed E-state index contributed by atoms with van der Waals surface area (Å²) >= 11 is 1.60. The first-order chi connectivity index (χ1) is 12.3. The molecular formula is C20H21N3OS. The molecule has 0 unspecified atom stereocenters. The lowest BCUT2D eigenvalue weighted by Gasteiger charge is -2.27. The molecule has 5 heteroatoms. The standard InChI is InChI=1S/C20H21N3OS/c24-19(16-6-2-1-3-7-16)23(14-15-10-12-21-13-11-15)20-22-17-8-4-5-9-18(17)25-20/h4-5,8-13,16H,1-3,6-7,14H2. The van der Waals surface area contributed by atoms with Crippen molar-refractivity contribution >= 4 is 32.6 Å². The monoisotopic (exact) mass is 351 g/mol. The van der Waals surface area contributed by atoms with E-state index in [2.05, 4.69) is 11.1 Å². The summed E-state index contributed by atoms with van der Waals surface area (Å²) in [6, 6.07) is 12.0. The van der Waals surface area contributed by atoms with Gasteiger partial charge in [-0.25, -0.2) is 4.98 Å². The summed E-state index contributed by atoms with van der Waals surface area (Å²) in [6.45, 7) is 0.553. The summed E-state index contributed by atoms with van der Waals surface area (Å²) in [6.07, 6.45) is 9.09. The normalized spacial score (nSPS) is 15.4. The van der Waals surface area contributed by atoms with Crippen LogP contribution in [0.25, 0.3) is 10.2 Å². The average Bonchev–Trinajstić information content (AvgIpc) is 3.11. The van der Waals surface area contributed by atoms with Gasteiger partial charge in [0.1, 0.15) is 0 Å². The van der Waals surface area contributed by atoms with E-state index in [1.165, 1.54) is 6.42 Å². The van der Waals surface area contributed by atoms with E-state index in [-0.39, 0.29) is 11.8 Å². The number of aromatic nitrogens is 2. The highest BCUT2D eigenvalue weighted by molar-refractivity contribution is 7.22. The molecule has 128 valence electrons. The van der Waals surface area contributed by atoms with Crippen molar-refractivity contribution in [3.05, 3.63) is 54.4 Å². The summed E-state index contributed by atoms with van der Waals surface area (Å²) in [5.41, 5.74) is 2.04. The zero-order valence-corrected chi connectivity index (χ0v) is 14.9. The third kappa shape index (κ3) is 3.56. The Morgan fingerprint density at radius 3 is 2.60 bits per heavy atom. The fourth-order valence-electron chi connectivity index (χ4n) is 3.46. The van der Waals surface area contributed by atoms with E-state index in [1.54, 1.807) is 23.7 Å². The van der Waals surface area contributed by atoms with Crippen molar-refractivity contribution < 1.29 is 4.79 Å². The largest absolute Gasteiger partial charge is 0.283 e. The molecule has 0 saturated heterocycles. The molecule has 1 amide bonds. The second-order valence-electron chi connectivity index (χ2n) is 6.58. The lowest BCUT2D eigenvalue weighted by Crippen LogP contribution is -2.36. The predicted octanol–water partition coefficient (Wildman–Crippen LogP) is 4.80. The maximum atomic E-state index is 13.3. The van der Waals surface area contributed by atoms with Crippen LogP contribution in [-0.2, 0) is 11.3 Å². The van der Waals surface area contributed by atoms with E-state index in [9.17, 15) is 4.79 Å². The number of hydrogen-bond donors (Lipinski definition) is 0. The Balaban J connectivity index is 1.68. The fourth-order valence-corrected chi connectivity index (χ4v) is 4.43. The maximum Gasteiger partial charge on any atom is 0.232 e. The molecule has 0 bridgehead atoms. The van der Waals surface area contributed by atoms with Gasteiger partial charge < -0.3 is 0 Å². The number of fused-ring (bicyclic) bond motifs is 1. The quantitative estimate of drug-likeness (QED) is 0.678. The van der Waals surface area contributed by atoms with Crippen molar-refractivity contribution in [1.29, 1.82) is 0 Å². The molecule has 4 nitrogen and oxygen atoms in total. The highest BCUT2D eigenvalue weighted by Gasteiger charge is 2.28. The molecule has 3 aromatic rings. The van der Waals surface area contributed by atoms with Crippen LogP contribution >= 0.6 is 11.3 Å². The summed E-state index contributed by atoms with van der Waals surface area (Å²) < 4.78 is 1.12. The van der Waals surface area contributed by atoms with Crippen molar-refractivity contribution in [3.8, 4) is 0 Å². The van der Waals surface area contributed by atoms with E-state index >= 15 is 0 Å². The van der Waals surface area contributed by atoms with Gasteiger partial charge in [-0.2, -0.15) is 0 Å². The number of nitrogens with zero attached hydrogens (tertiary/aromatic N) is 3. The molecule has 2 heterocycles. The molecule has 1 saturated carbocycles. The lowest BCUT2D eigenvalue weighted by molar-refractivity contribution is -0.123. The van der Waals surface area contributed by atoms with Crippen LogP contribution in [0.3, 0.4) is 0 Å². The Morgan fingerprint density at radius 1 is 1.08 bits per heavy atom. The van der Waals surface area contributed by atoms with Gasteiger partial charge in [0.05, 0.1) is 16.8 Å². The van der Waals surface area contributed by atoms with Gasteiger partial charge in [0, 0.05) is 18.3 Å². The van der Waals surface area contributed by atoms with Gasteiger partial charge in [-0.1, -0.05) is 42.7 Å². The lowest BCUT2D eigenvalue weighted by atomic mass is 9.88. The van der Waals surface area contributed by atoms with Crippen LogP contribution in [0.1, 0.15) is 37.7 Å². The average molecular weight is 351 g/mol. The molecular weight excluding hydrogens is 330 g/mol. The molecule has 25 heavy (non-hydrogen) atoms. The van der Waals surface area contributed by atoms with Crippen molar-refractivity contribution in [3.63, 3.8) is 0 Å². The SMILES string of the molecule is O=C(C1CCCCC1)N(Cc1ccncc1)c1nc2ccccc2s1. The van der Waals surface area contributed by atoms with Gasteiger partial charge in [-0.05, 0) is 42.7 Å². The Kier molecular flexibility index (Phi) is 4.74. The van der Waals surface area contributed by atoms with Crippen LogP contribution < -0.4 is 4.90 Å². The van der Waals surface area contributed by atoms with Crippen LogP contribution in [0.15, 0.2) is 48.8 Å². The number of pyridine rings is 1. The van der Waals surface area contributed by atoms with Gasteiger partial charge >= 0.3 is 0 Å². The van der Waals surface area contributed by atoms with Crippen molar-refractivity contribution in [2.45, 2.75) is 38.6 Å². The first-order valence-electron chi connectivity index (χ1n) is 8.87. The summed E-state index contributed by atoms with van der Waals surface area (Å²) in [4.78, 5) is 24.0. The van der Waals surface area contributed by atoms with Crippen molar-refractivity contribution in [2.24, 2.45) is 5.92 Å². The molecule has 1 fully saturated rings. The molecule has 1 aliphatic carbocycles. The number of carbonyl (C=O) groups is 1. The van der Waals surface area contributed by atoms with Crippen LogP contribution in [0.4, 0.5) is 5.13 Å². The van der Waals surface area contributed by atoms with E-state index < -0.39 is 0 Å². The topological polar surface area (TPSA) is 46.1 Å². The minimum Gasteiger partial charge on any atom is -0.283 e. The summed E-state index contributed by atoms with van der Waals surface area (Å²) in [7, 11) is 0. The highest BCUT2D eigenvalue weighted by Crippen LogP contribution is 2.33. The van der Waals surface area contributed by atoms with E-state index in [1.807, 2.05) is 35.2 Å². The first kappa shape index (κ1) is 16.2. The zero-order valence-electron chi connectivity index (χ0n) is 14.1. The second kappa shape index (κ2) is 7.31. The van der Waals surface area contributed by atoms with E-state index in [4.69, 9.17) is 4.98 Å². The molecule has 0 aliphatic heterocycles. The molecule has 1 aliphatic rings. The van der Waals surface area contributed by atoms with Gasteiger partial charge in [-0.15, -0.1) is 0 Å². The zero-order chi connectivity index (χ0) is 17.1. The van der Waals surface area contributed by atoms with Gasteiger partial charge in [0.2, 0.25) is 5.91 Å². The summed E-state index contributed by atoms with van der Waals surface area (Å²) in [5, 5.41) is 0.800. The van der Waals surface area contributed by atoms with Gasteiger partial charge in [-0.3, -0.25) is 14.7 Å². The van der Waals surface area contributed by atoms with Crippen molar-refractivity contribution in [1.82, 2.24) is 9.97 Å². The third-order valence-electron chi connectivity index (χ3n) is 4.82. The molecule has 0 atom stereocenters. The maximum absolute atomic E-state index is 13.3. The van der Waals surface area contributed by atoms with E-state index in [0.29, 0.717) is 6.54 Å². The number of carbonyl (C=O) groups excluding carboxylic acids is 1. The Morgan fingerprint density at radius 2 is 1.84 bits per heavy atom. The molecule has 0 radical (unpaired) electrons. The minimum absolute atomic E-state index is 0.127. The molecule has 2 aromatic heterocycles. The number of benzene rings is 1. The minimum atomic E-state index is 0.127. The Hall–Kier alpha value is -2.27. The van der Waals surface area contributed by atoms with Crippen LogP contribution in [-0.4, -0.2) is 15.9 Å². The van der Waals surface area contributed by atoms with Crippen LogP contribution in [0.5, 0.6) is 0 Å². The fraction of sp³-hybridized carbons (Fsp3) is 0.350. The first-order valence-corrected chi connectivity index (χ1v) is 9.69. The van der Waals surface area contributed by atoms with Crippen LogP contribution in [0, 0.1) is 5.92 Å². The predicted molar refractivity (Wildman–Crippen MR) is 102 cm³/mol. The number of rotatable bonds is 4. The smallest absolute Gasteiger partial charge is 0.232 e. The third-order valence-corrected chi connectivity index (χ3v) is 5.88. The van der Waals surface area contributed by atoms with Crippen LogP contribution in [0.2, 0.25) is 0 Å².